The predicted octanol–water partition coefficient (Wildman–Crippen LogP) is 4.07. The number of ether oxygens (including phenoxy) is 1. The lowest BCUT2D eigenvalue weighted by Crippen LogP contribution is -2.29. The van der Waals surface area contributed by atoms with E-state index in [2.05, 4.69) is 4.98 Å². The zero-order valence-electron chi connectivity index (χ0n) is 15.4. The van der Waals surface area contributed by atoms with E-state index in [4.69, 9.17) is 4.74 Å². The fourth-order valence-corrected chi connectivity index (χ4v) is 4.91. The summed E-state index contributed by atoms with van der Waals surface area (Å²) in [6, 6.07) is 14.0. The number of nitrogens with zero attached hydrogens (tertiary/aromatic N) is 2. The predicted molar refractivity (Wildman–Crippen MR) is 114 cm³/mol. The van der Waals surface area contributed by atoms with Crippen LogP contribution in [0.25, 0.3) is 20.7 Å². The van der Waals surface area contributed by atoms with E-state index in [1.807, 2.05) is 54.8 Å². The fourth-order valence-electron chi connectivity index (χ4n) is 3.12. The van der Waals surface area contributed by atoms with Gasteiger partial charge in [-0.25, -0.2) is 4.98 Å². The van der Waals surface area contributed by atoms with Gasteiger partial charge in [-0.1, -0.05) is 36.4 Å². The van der Waals surface area contributed by atoms with Gasteiger partial charge < -0.3 is 9.84 Å². The molecule has 144 valence electrons. The van der Waals surface area contributed by atoms with Crippen LogP contribution < -0.4 is 5.56 Å². The Labute approximate surface area is 170 Å². The number of hydrogen-bond donors (Lipinski definition) is 1. The van der Waals surface area contributed by atoms with Crippen molar-refractivity contribution in [2.75, 3.05) is 6.61 Å². The first-order valence-electron chi connectivity index (χ1n) is 8.95. The number of fused-ring (bicyclic) bond motifs is 1. The number of aromatic nitrogens is 2. The summed E-state index contributed by atoms with van der Waals surface area (Å²) in [7, 11) is 0. The van der Waals surface area contributed by atoms with Gasteiger partial charge in [-0.15, -0.1) is 22.7 Å². The molecule has 0 aliphatic heterocycles. The number of benzene rings is 1. The van der Waals surface area contributed by atoms with Crippen LogP contribution in [0, 0.1) is 6.92 Å². The van der Waals surface area contributed by atoms with E-state index in [1.54, 1.807) is 11.3 Å². The summed E-state index contributed by atoms with van der Waals surface area (Å²) in [5, 5.41) is 12.9. The third-order valence-corrected chi connectivity index (χ3v) is 6.59. The van der Waals surface area contributed by atoms with Crippen LogP contribution in [0.5, 0.6) is 0 Å². The van der Waals surface area contributed by atoms with Crippen LogP contribution in [0.4, 0.5) is 0 Å². The largest absolute Gasteiger partial charge is 0.389 e. The van der Waals surface area contributed by atoms with Crippen LogP contribution in [0.2, 0.25) is 0 Å². The smallest absolute Gasteiger partial charge is 0.262 e. The number of hydrogen-bond acceptors (Lipinski definition) is 6. The molecule has 4 aromatic rings. The highest BCUT2D eigenvalue weighted by atomic mass is 32.1. The molecular weight excluding hydrogens is 392 g/mol. The maximum Gasteiger partial charge on any atom is 0.262 e. The lowest BCUT2D eigenvalue weighted by Gasteiger charge is -2.12. The zero-order chi connectivity index (χ0) is 19.5. The maximum atomic E-state index is 13.0. The molecule has 5 nitrogen and oxygen atoms in total. The minimum absolute atomic E-state index is 0.127. The topological polar surface area (TPSA) is 64.3 Å². The van der Waals surface area contributed by atoms with Gasteiger partial charge in [-0.3, -0.25) is 9.36 Å². The highest BCUT2D eigenvalue weighted by Crippen LogP contribution is 2.35. The summed E-state index contributed by atoms with van der Waals surface area (Å²) >= 11 is 3.13. The van der Waals surface area contributed by atoms with Gasteiger partial charge in [-0.05, 0) is 29.5 Å². The van der Waals surface area contributed by atoms with Gasteiger partial charge in [0.2, 0.25) is 0 Å². The summed E-state index contributed by atoms with van der Waals surface area (Å²) in [5.74, 6) is 0. The van der Waals surface area contributed by atoms with Crippen molar-refractivity contribution in [2.24, 2.45) is 0 Å². The Hall–Kier alpha value is -2.32. The average molecular weight is 413 g/mol. The average Bonchev–Trinajstić information content (AvgIpc) is 3.33. The van der Waals surface area contributed by atoms with Crippen LogP contribution in [-0.4, -0.2) is 27.4 Å². The summed E-state index contributed by atoms with van der Waals surface area (Å²) in [6.07, 6.45) is 0.738. The van der Waals surface area contributed by atoms with Gasteiger partial charge in [0.1, 0.15) is 4.83 Å². The van der Waals surface area contributed by atoms with Gasteiger partial charge in [0, 0.05) is 9.75 Å². The molecule has 0 saturated carbocycles. The monoisotopic (exact) mass is 412 g/mol. The van der Waals surface area contributed by atoms with E-state index in [0.717, 1.165) is 25.7 Å². The molecule has 0 aliphatic carbocycles. The molecule has 1 unspecified atom stereocenters. The van der Waals surface area contributed by atoms with Crippen molar-refractivity contribution in [2.45, 2.75) is 26.2 Å². The molecule has 28 heavy (non-hydrogen) atoms. The fraction of sp³-hybridized carbons (Fsp3) is 0.238. The van der Waals surface area contributed by atoms with E-state index in [9.17, 15) is 9.90 Å². The van der Waals surface area contributed by atoms with Crippen LogP contribution in [0.1, 0.15) is 10.4 Å². The Morgan fingerprint density at radius 3 is 2.79 bits per heavy atom. The first-order chi connectivity index (χ1) is 13.6. The van der Waals surface area contributed by atoms with E-state index in [1.165, 1.54) is 22.2 Å². The second-order valence-corrected chi connectivity index (χ2v) is 8.58. The standard InChI is InChI=1S/C21H20N2O3S2/c1-14-18-20(28-19(14)15-6-3-2-4-7-15)22-13-23(21(18)25)10-16(24)11-26-12-17-8-5-9-27-17/h2-9,13,16,24H,10-12H2,1H3. The number of aryl methyl sites for hydroxylation is 1. The molecule has 0 aliphatic rings. The molecule has 3 heterocycles. The summed E-state index contributed by atoms with van der Waals surface area (Å²) in [6.45, 7) is 2.74. The lowest BCUT2D eigenvalue weighted by atomic mass is 10.1. The third-order valence-electron chi connectivity index (χ3n) is 4.50. The van der Waals surface area contributed by atoms with Crippen LogP contribution in [-0.2, 0) is 17.9 Å². The molecule has 4 rings (SSSR count). The van der Waals surface area contributed by atoms with Crippen molar-refractivity contribution in [1.82, 2.24) is 9.55 Å². The van der Waals surface area contributed by atoms with E-state index in [0.29, 0.717) is 12.0 Å². The normalized spacial score (nSPS) is 12.5. The first kappa shape index (κ1) is 19.0. The van der Waals surface area contributed by atoms with Gasteiger partial charge in [0.15, 0.2) is 0 Å². The van der Waals surface area contributed by atoms with Crippen molar-refractivity contribution in [3.05, 3.63) is 75.0 Å². The molecule has 0 bridgehead atoms. The van der Waals surface area contributed by atoms with Crippen molar-refractivity contribution < 1.29 is 9.84 Å². The number of aliphatic hydroxyl groups is 1. The number of thiophene rings is 2. The molecule has 0 amide bonds. The molecule has 0 fully saturated rings. The molecular formula is C21H20N2O3S2. The lowest BCUT2D eigenvalue weighted by molar-refractivity contribution is 0.0207. The van der Waals surface area contributed by atoms with Gasteiger partial charge in [0.05, 0.1) is 37.6 Å². The Morgan fingerprint density at radius 1 is 1.21 bits per heavy atom. The maximum absolute atomic E-state index is 13.0. The SMILES string of the molecule is Cc1c(-c2ccccc2)sc2ncn(CC(O)COCc3cccs3)c(=O)c12. The minimum Gasteiger partial charge on any atom is -0.389 e. The van der Waals surface area contributed by atoms with E-state index >= 15 is 0 Å². The summed E-state index contributed by atoms with van der Waals surface area (Å²) in [5.41, 5.74) is 1.88. The first-order valence-corrected chi connectivity index (χ1v) is 10.6. The highest BCUT2D eigenvalue weighted by Gasteiger charge is 2.17. The molecule has 0 radical (unpaired) electrons. The molecule has 1 N–H and O–H groups in total. The molecule has 1 aromatic carbocycles. The Bertz CT molecular complexity index is 1120. The van der Waals surface area contributed by atoms with Crippen LogP contribution in [0.15, 0.2) is 59.0 Å². The van der Waals surface area contributed by atoms with E-state index in [-0.39, 0.29) is 18.7 Å². The van der Waals surface area contributed by atoms with Gasteiger partial charge in [0.25, 0.3) is 5.56 Å². The number of rotatable bonds is 7. The molecule has 0 spiro atoms. The molecule has 3 aromatic heterocycles. The van der Waals surface area contributed by atoms with Crippen LogP contribution >= 0.6 is 22.7 Å². The van der Waals surface area contributed by atoms with Crippen molar-refractivity contribution in [1.29, 1.82) is 0 Å². The third kappa shape index (κ3) is 3.93. The molecule has 1 atom stereocenters. The summed E-state index contributed by atoms with van der Waals surface area (Å²) < 4.78 is 7.02. The van der Waals surface area contributed by atoms with Crippen molar-refractivity contribution in [3.8, 4) is 10.4 Å². The van der Waals surface area contributed by atoms with Crippen molar-refractivity contribution in [3.63, 3.8) is 0 Å². The quantitative estimate of drug-likeness (QED) is 0.497. The van der Waals surface area contributed by atoms with Gasteiger partial charge in [-0.2, -0.15) is 0 Å². The summed E-state index contributed by atoms with van der Waals surface area (Å²) in [4.78, 5) is 20.3. The molecule has 0 saturated heterocycles. The Kier molecular flexibility index (Phi) is 5.68. The Morgan fingerprint density at radius 2 is 2.04 bits per heavy atom. The highest BCUT2D eigenvalue weighted by molar-refractivity contribution is 7.22. The molecule has 7 heteroatoms. The number of aliphatic hydroxyl groups excluding tert-OH is 1. The van der Waals surface area contributed by atoms with E-state index < -0.39 is 6.10 Å². The Balaban J connectivity index is 1.52. The second-order valence-electron chi connectivity index (χ2n) is 6.55. The van der Waals surface area contributed by atoms with Gasteiger partial charge >= 0.3 is 0 Å². The zero-order valence-corrected chi connectivity index (χ0v) is 17.0. The second kappa shape index (κ2) is 8.36. The van der Waals surface area contributed by atoms with Crippen LogP contribution in [0.3, 0.4) is 0 Å². The van der Waals surface area contributed by atoms with Crippen molar-refractivity contribution >= 4 is 32.9 Å². The minimum atomic E-state index is -0.774.